The third-order valence-corrected chi connectivity index (χ3v) is 4.87. The first-order valence-corrected chi connectivity index (χ1v) is 6.94. The summed E-state index contributed by atoms with van der Waals surface area (Å²) < 4.78 is 1.17. The number of hydrogen-bond acceptors (Lipinski definition) is 2. The van der Waals surface area contributed by atoms with Crippen LogP contribution in [-0.2, 0) is 0 Å². The molecule has 1 fully saturated rings. The third-order valence-electron chi connectivity index (χ3n) is 3.07. The van der Waals surface area contributed by atoms with Crippen molar-refractivity contribution in [1.29, 1.82) is 0 Å². The summed E-state index contributed by atoms with van der Waals surface area (Å²) in [6, 6.07) is 2.44. The molecule has 1 atom stereocenters. The SMILES string of the molecule is NC(c1cc(Br)cs1)C1CCCCC1. The molecule has 0 bridgehead atoms. The molecule has 2 rings (SSSR count). The zero-order valence-electron chi connectivity index (χ0n) is 8.21. The van der Waals surface area contributed by atoms with Gasteiger partial charge in [0.25, 0.3) is 0 Å². The molecule has 1 nitrogen and oxygen atoms in total. The van der Waals surface area contributed by atoms with E-state index in [2.05, 4.69) is 27.4 Å². The molecule has 0 radical (unpaired) electrons. The van der Waals surface area contributed by atoms with Gasteiger partial charge in [-0.15, -0.1) is 11.3 Å². The predicted octanol–water partition coefficient (Wildman–Crippen LogP) is 4.09. The average molecular weight is 274 g/mol. The summed E-state index contributed by atoms with van der Waals surface area (Å²) >= 11 is 5.26. The standard InChI is InChI=1S/C11H16BrNS/c12-9-6-10(14-7-9)11(13)8-4-2-1-3-5-8/h6-8,11H,1-5,13H2. The van der Waals surface area contributed by atoms with Crippen LogP contribution in [0.1, 0.15) is 43.0 Å². The van der Waals surface area contributed by atoms with Crippen molar-refractivity contribution < 1.29 is 0 Å². The van der Waals surface area contributed by atoms with Crippen LogP contribution in [0, 0.1) is 5.92 Å². The Morgan fingerprint density at radius 1 is 1.36 bits per heavy atom. The van der Waals surface area contributed by atoms with Crippen molar-refractivity contribution in [2.45, 2.75) is 38.1 Å². The minimum absolute atomic E-state index is 0.270. The molecule has 1 aliphatic rings. The van der Waals surface area contributed by atoms with Crippen molar-refractivity contribution in [3.63, 3.8) is 0 Å². The lowest BCUT2D eigenvalue weighted by Gasteiger charge is -2.26. The maximum absolute atomic E-state index is 6.27. The van der Waals surface area contributed by atoms with Crippen LogP contribution in [0.2, 0.25) is 0 Å². The molecule has 0 aromatic carbocycles. The maximum Gasteiger partial charge on any atom is 0.0418 e. The molecular weight excluding hydrogens is 258 g/mol. The van der Waals surface area contributed by atoms with Gasteiger partial charge in [-0.25, -0.2) is 0 Å². The predicted molar refractivity (Wildman–Crippen MR) is 65.5 cm³/mol. The zero-order valence-corrected chi connectivity index (χ0v) is 10.6. The molecule has 1 aromatic rings. The van der Waals surface area contributed by atoms with E-state index in [0.29, 0.717) is 5.92 Å². The molecule has 78 valence electrons. The first kappa shape index (κ1) is 10.7. The molecule has 2 N–H and O–H groups in total. The Labute approximate surface area is 97.8 Å². The molecule has 1 heterocycles. The van der Waals surface area contributed by atoms with Gasteiger partial charge in [0.1, 0.15) is 0 Å². The zero-order chi connectivity index (χ0) is 9.97. The minimum atomic E-state index is 0.270. The molecule has 14 heavy (non-hydrogen) atoms. The summed E-state index contributed by atoms with van der Waals surface area (Å²) in [6.07, 6.45) is 6.76. The van der Waals surface area contributed by atoms with Gasteiger partial charge in [0, 0.05) is 20.8 Å². The second-order valence-corrected chi connectivity index (χ2v) is 5.95. The molecule has 0 amide bonds. The van der Waals surface area contributed by atoms with E-state index in [1.54, 1.807) is 11.3 Å². The van der Waals surface area contributed by atoms with Crippen molar-refractivity contribution in [1.82, 2.24) is 0 Å². The molecular formula is C11H16BrNS. The fraction of sp³-hybridized carbons (Fsp3) is 0.636. The summed E-state index contributed by atoms with van der Waals surface area (Å²) in [5.74, 6) is 0.717. The number of rotatable bonds is 2. The summed E-state index contributed by atoms with van der Waals surface area (Å²) in [6.45, 7) is 0. The molecule has 0 spiro atoms. The second kappa shape index (κ2) is 4.77. The van der Waals surface area contributed by atoms with E-state index in [0.717, 1.165) is 0 Å². The number of nitrogens with two attached hydrogens (primary N) is 1. The Morgan fingerprint density at radius 2 is 2.07 bits per heavy atom. The van der Waals surface area contributed by atoms with Crippen LogP contribution < -0.4 is 5.73 Å². The molecule has 0 saturated heterocycles. The molecule has 1 aromatic heterocycles. The van der Waals surface area contributed by atoms with Crippen molar-refractivity contribution in [2.75, 3.05) is 0 Å². The highest BCUT2D eigenvalue weighted by molar-refractivity contribution is 9.10. The van der Waals surface area contributed by atoms with Crippen LogP contribution >= 0.6 is 27.3 Å². The molecule has 1 unspecified atom stereocenters. The van der Waals surface area contributed by atoms with E-state index in [9.17, 15) is 0 Å². The largest absolute Gasteiger partial charge is 0.323 e. The van der Waals surface area contributed by atoms with Crippen LogP contribution in [-0.4, -0.2) is 0 Å². The Balaban J connectivity index is 2.03. The van der Waals surface area contributed by atoms with Gasteiger partial charge in [-0.1, -0.05) is 19.3 Å². The topological polar surface area (TPSA) is 26.0 Å². The summed E-state index contributed by atoms with van der Waals surface area (Å²) in [7, 11) is 0. The lowest BCUT2D eigenvalue weighted by molar-refractivity contribution is 0.310. The highest BCUT2D eigenvalue weighted by Gasteiger charge is 2.22. The maximum atomic E-state index is 6.27. The summed E-state index contributed by atoms with van der Waals surface area (Å²) in [5.41, 5.74) is 6.27. The third kappa shape index (κ3) is 2.38. The van der Waals surface area contributed by atoms with Crippen molar-refractivity contribution in [2.24, 2.45) is 11.7 Å². The molecule has 1 aliphatic carbocycles. The molecule has 0 aliphatic heterocycles. The number of thiophene rings is 1. The average Bonchev–Trinajstić information content (AvgIpc) is 2.65. The van der Waals surface area contributed by atoms with E-state index in [-0.39, 0.29) is 6.04 Å². The van der Waals surface area contributed by atoms with Gasteiger partial charge in [0.05, 0.1) is 0 Å². The van der Waals surface area contributed by atoms with Crippen LogP contribution in [0.3, 0.4) is 0 Å². The summed E-state index contributed by atoms with van der Waals surface area (Å²) in [4.78, 5) is 1.34. The monoisotopic (exact) mass is 273 g/mol. The van der Waals surface area contributed by atoms with E-state index >= 15 is 0 Å². The van der Waals surface area contributed by atoms with Gasteiger partial charge >= 0.3 is 0 Å². The van der Waals surface area contributed by atoms with Crippen LogP contribution in [0.4, 0.5) is 0 Å². The first-order chi connectivity index (χ1) is 6.77. The first-order valence-electron chi connectivity index (χ1n) is 5.27. The Kier molecular flexibility index (Phi) is 3.63. The van der Waals surface area contributed by atoms with E-state index in [1.165, 1.54) is 41.5 Å². The van der Waals surface area contributed by atoms with E-state index in [1.807, 2.05) is 0 Å². The van der Waals surface area contributed by atoms with Crippen molar-refractivity contribution >= 4 is 27.3 Å². The van der Waals surface area contributed by atoms with Crippen molar-refractivity contribution in [3.8, 4) is 0 Å². The molecule has 3 heteroatoms. The minimum Gasteiger partial charge on any atom is -0.323 e. The summed E-state index contributed by atoms with van der Waals surface area (Å²) in [5, 5.41) is 2.12. The van der Waals surface area contributed by atoms with Crippen molar-refractivity contribution in [3.05, 3.63) is 20.8 Å². The van der Waals surface area contributed by atoms with Crippen LogP contribution in [0.5, 0.6) is 0 Å². The Morgan fingerprint density at radius 3 is 2.64 bits per heavy atom. The van der Waals surface area contributed by atoms with E-state index < -0.39 is 0 Å². The molecule has 1 saturated carbocycles. The lowest BCUT2D eigenvalue weighted by Crippen LogP contribution is -2.22. The van der Waals surface area contributed by atoms with Gasteiger partial charge in [0.2, 0.25) is 0 Å². The fourth-order valence-corrected chi connectivity index (χ4v) is 3.77. The number of hydrogen-bond donors (Lipinski definition) is 1. The van der Waals surface area contributed by atoms with Crippen LogP contribution in [0.25, 0.3) is 0 Å². The quantitative estimate of drug-likeness (QED) is 0.863. The highest BCUT2D eigenvalue weighted by Crippen LogP contribution is 2.35. The highest BCUT2D eigenvalue weighted by atomic mass is 79.9. The van der Waals surface area contributed by atoms with E-state index in [4.69, 9.17) is 5.73 Å². The Bertz CT molecular complexity index is 291. The van der Waals surface area contributed by atoms with Crippen LogP contribution in [0.15, 0.2) is 15.9 Å². The second-order valence-electron chi connectivity index (χ2n) is 4.09. The van der Waals surface area contributed by atoms with Gasteiger partial charge in [-0.3, -0.25) is 0 Å². The lowest BCUT2D eigenvalue weighted by atomic mass is 9.84. The fourth-order valence-electron chi connectivity index (χ4n) is 2.23. The number of halogens is 1. The van der Waals surface area contributed by atoms with Gasteiger partial charge in [-0.05, 0) is 40.8 Å². The Hall–Kier alpha value is 0.140. The smallest absolute Gasteiger partial charge is 0.0418 e. The van der Waals surface area contributed by atoms with Gasteiger partial charge in [-0.2, -0.15) is 0 Å². The van der Waals surface area contributed by atoms with Gasteiger partial charge < -0.3 is 5.73 Å². The van der Waals surface area contributed by atoms with Gasteiger partial charge in [0.15, 0.2) is 0 Å². The normalized spacial score (nSPS) is 21.0.